The molecular weight excluding hydrogens is 689 g/mol. The SMILES string of the molecule is c1ccc(-c2cc(-n3c4ccccc4c4ccc5sc6ccc7c(c8ccccc8n7-c7cccc8ccccc78)c6c5c43)nc(-c3ccccc3)n2)cc1. The number of aromatic nitrogens is 4. The van der Waals surface area contributed by atoms with Gasteiger partial charge in [-0.15, -0.1) is 11.3 Å². The van der Waals surface area contributed by atoms with Gasteiger partial charge in [0, 0.05) is 64.3 Å². The number of fused-ring (bicyclic) bond motifs is 12. The normalized spacial score (nSPS) is 12.0. The van der Waals surface area contributed by atoms with Gasteiger partial charge in [-0.3, -0.25) is 4.57 Å². The van der Waals surface area contributed by atoms with E-state index in [1.54, 1.807) is 0 Å². The van der Waals surface area contributed by atoms with Gasteiger partial charge in [0.1, 0.15) is 5.82 Å². The molecule has 12 rings (SSSR count). The second kappa shape index (κ2) is 11.7. The molecule has 0 radical (unpaired) electrons. The van der Waals surface area contributed by atoms with E-state index in [4.69, 9.17) is 9.97 Å². The lowest BCUT2D eigenvalue weighted by molar-refractivity contribution is 1.05. The Morgan fingerprint density at radius 3 is 1.85 bits per heavy atom. The Morgan fingerprint density at radius 1 is 0.400 bits per heavy atom. The molecule has 4 heterocycles. The van der Waals surface area contributed by atoms with E-state index in [2.05, 4.69) is 179 Å². The Bertz CT molecular complexity index is 3420. The standard InChI is InChI=1S/C50H30N4S/c1-3-15-32(16-4-1)38-30-45(52-50(51-38)33-17-5-2-6-18-33)54-40-23-11-9-21-35(40)36-26-28-44-48(49(36)54)47-43(55-44)29-27-42-46(47)37-22-10-12-24-41(37)53(42)39-25-13-19-31-14-7-8-20-34(31)39/h1-30H. The zero-order valence-electron chi connectivity index (χ0n) is 29.5. The summed E-state index contributed by atoms with van der Waals surface area (Å²) in [7, 11) is 0. The first-order valence-electron chi connectivity index (χ1n) is 18.6. The van der Waals surface area contributed by atoms with E-state index < -0.39 is 0 Å². The van der Waals surface area contributed by atoms with Gasteiger partial charge in [-0.05, 0) is 41.8 Å². The second-order valence-corrected chi connectivity index (χ2v) is 15.2. The first-order valence-corrected chi connectivity index (χ1v) is 19.4. The van der Waals surface area contributed by atoms with E-state index in [1.807, 2.05) is 23.5 Å². The highest BCUT2D eigenvalue weighted by atomic mass is 32.1. The van der Waals surface area contributed by atoms with E-state index in [0.29, 0.717) is 5.82 Å². The fourth-order valence-corrected chi connectivity index (χ4v) is 9.90. The number of rotatable bonds is 4. The van der Waals surface area contributed by atoms with Gasteiger partial charge in [-0.1, -0.05) is 140 Å². The van der Waals surface area contributed by atoms with E-state index in [-0.39, 0.29) is 0 Å². The summed E-state index contributed by atoms with van der Waals surface area (Å²) in [4.78, 5) is 10.5. The van der Waals surface area contributed by atoms with Gasteiger partial charge in [-0.25, -0.2) is 9.97 Å². The van der Waals surface area contributed by atoms with Crippen LogP contribution in [0.3, 0.4) is 0 Å². The monoisotopic (exact) mass is 718 g/mol. The molecule has 12 aromatic rings. The van der Waals surface area contributed by atoms with Gasteiger partial charge in [0.2, 0.25) is 0 Å². The van der Waals surface area contributed by atoms with Crippen LogP contribution in [-0.2, 0) is 0 Å². The number of hydrogen-bond acceptors (Lipinski definition) is 3. The first-order chi connectivity index (χ1) is 27.3. The fraction of sp³-hybridized carbons (Fsp3) is 0. The van der Waals surface area contributed by atoms with Gasteiger partial charge in [0.15, 0.2) is 5.82 Å². The summed E-state index contributed by atoms with van der Waals surface area (Å²) in [6, 6.07) is 65.1. The fourth-order valence-electron chi connectivity index (χ4n) is 8.78. The van der Waals surface area contributed by atoms with Crippen molar-refractivity contribution in [1.29, 1.82) is 0 Å². The van der Waals surface area contributed by atoms with Crippen LogP contribution in [0.25, 0.3) is 109 Å². The Hall–Kier alpha value is -7.08. The minimum atomic E-state index is 0.700. The number of para-hydroxylation sites is 2. The van der Waals surface area contributed by atoms with Crippen molar-refractivity contribution < 1.29 is 0 Å². The van der Waals surface area contributed by atoms with Gasteiger partial charge >= 0.3 is 0 Å². The highest BCUT2D eigenvalue weighted by Crippen LogP contribution is 2.48. The Kier molecular flexibility index (Phi) is 6.47. The average Bonchev–Trinajstić information content (AvgIpc) is 3.91. The number of nitrogens with zero attached hydrogens (tertiary/aromatic N) is 4. The number of benzene rings is 8. The third-order valence-corrected chi connectivity index (χ3v) is 12.2. The summed E-state index contributed by atoms with van der Waals surface area (Å²) in [5.41, 5.74) is 8.79. The maximum absolute atomic E-state index is 5.38. The molecule has 4 nitrogen and oxygen atoms in total. The molecule has 0 amide bonds. The smallest absolute Gasteiger partial charge is 0.162 e. The van der Waals surface area contributed by atoms with Crippen molar-refractivity contribution >= 4 is 85.9 Å². The molecule has 0 aliphatic carbocycles. The highest BCUT2D eigenvalue weighted by molar-refractivity contribution is 7.26. The molecule has 0 aliphatic heterocycles. The molecule has 0 aliphatic rings. The Morgan fingerprint density at radius 2 is 1.04 bits per heavy atom. The molecule has 0 unspecified atom stereocenters. The zero-order chi connectivity index (χ0) is 36.0. The van der Waals surface area contributed by atoms with Crippen molar-refractivity contribution in [3.8, 4) is 34.2 Å². The molecule has 8 aromatic carbocycles. The summed E-state index contributed by atoms with van der Waals surface area (Å²) >= 11 is 1.87. The zero-order valence-corrected chi connectivity index (χ0v) is 30.3. The maximum atomic E-state index is 5.38. The van der Waals surface area contributed by atoms with Crippen molar-refractivity contribution in [2.24, 2.45) is 0 Å². The molecule has 0 saturated carbocycles. The lowest BCUT2D eigenvalue weighted by atomic mass is 10.0. The lowest BCUT2D eigenvalue weighted by Crippen LogP contribution is -2.02. The van der Waals surface area contributed by atoms with Crippen molar-refractivity contribution in [3.63, 3.8) is 0 Å². The van der Waals surface area contributed by atoms with Crippen molar-refractivity contribution in [1.82, 2.24) is 19.1 Å². The van der Waals surface area contributed by atoms with Crippen LogP contribution in [-0.4, -0.2) is 19.1 Å². The van der Waals surface area contributed by atoms with Crippen molar-refractivity contribution in [2.45, 2.75) is 0 Å². The lowest BCUT2D eigenvalue weighted by Gasteiger charge is -2.13. The highest BCUT2D eigenvalue weighted by Gasteiger charge is 2.24. The average molecular weight is 719 g/mol. The number of thiophene rings is 1. The van der Waals surface area contributed by atoms with E-state index in [1.165, 1.54) is 69.2 Å². The van der Waals surface area contributed by atoms with Crippen LogP contribution in [0.15, 0.2) is 182 Å². The molecule has 256 valence electrons. The molecule has 0 spiro atoms. The topological polar surface area (TPSA) is 35.6 Å². The van der Waals surface area contributed by atoms with E-state index in [9.17, 15) is 0 Å². The third kappa shape index (κ3) is 4.45. The molecule has 0 bridgehead atoms. The molecule has 55 heavy (non-hydrogen) atoms. The molecule has 5 heteroatoms. The molecule has 4 aromatic heterocycles. The molecular formula is C50H30N4S. The molecule has 0 fully saturated rings. The van der Waals surface area contributed by atoms with Crippen molar-refractivity contribution in [3.05, 3.63) is 182 Å². The minimum absolute atomic E-state index is 0.700. The van der Waals surface area contributed by atoms with Crippen LogP contribution in [0, 0.1) is 0 Å². The maximum Gasteiger partial charge on any atom is 0.162 e. The summed E-state index contributed by atoms with van der Waals surface area (Å²) < 4.78 is 7.38. The van der Waals surface area contributed by atoms with Crippen LogP contribution >= 0.6 is 11.3 Å². The first kappa shape index (κ1) is 30.4. The minimum Gasteiger partial charge on any atom is -0.309 e. The van der Waals surface area contributed by atoms with Crippen LogP contribution in [0.1, 0.15) is 0 Å². The Balaban J connectivity index is 1.26. The van der Waals surface area contributed by atoms with Gasteiger partial charge < -0.3 is 4.57 Å². The predicted octanol–water partition coefficient (Wildman–Crippen LogP) is 13.5. The largest absolute Gasteiger partial charge is 0.309 e. The Labute approximate surface area is 319 Å². The predicted molar refractivity (Wildman–Crippen MR) is 232 cm³/mol. The molecule has 0 N–H and O–H groups in total. The van der Waals surface area contributed by atoms with Crippen molar-refractivity contribution in [2.75, 3.05) is 0 Å². The van der Waals surface area contributed by atoms with Gasteiger partial charge in [0.05, 0.1) is 33.4 Å². The summed E-state index contributed by atoms with van der Waals surface area (Å²) in [6.07, 6.45) is 0. The van der Waals surface area contributed by atoms with Crippen LogP contribution in [0.2, 0.25) is 0 Å². The summed E-state index contributed by atoms with van der Waals surface area (Å²) in [6.45, 7) is 0. The van der Waals surface area contributed by atoms with Crippen LogP contribution < -0.4 is 0 Å². The van der Waals surface area contributed by atoms with E-state index >= 15 is 0 Å². The van der Waals surface area contributed by atoms with E-state index in [0.717, 1.165) is 33.7 Å². The third-order valence-electron chi connectivity index (χ3n) is 11.1. The molecule has 0 saturated heterocycles. The quantitative estimate of drug-likeness (QED) is 0.182. The van der Waals surface area contributed by atoms with Gasteiger partial charge in [0.25, 0.3) is 0 Å². The van der Waals surface area contributed by atoms with Gasteiger partial charge in [-0.2, -0.15) is 0 Å². The summed E-state index contributed by atoms with van der Waals surface area (Å²) in [5.74, 6) is 1.54. The van der Waals surface area contributed by atoms with Crippen LogP contribution in [0.4, 0.5) is 0 Å². The summed E-state index contributed by atoms with van der Waals surface area (Å²) in [5, 5.41) is 9.92. The number of hydrogen-bond donors (Lipinski definition) is 0. The molecule has 0 atom stereocenters. The second-order valence-electron chi connectivity index (χ2n) is 14.1. The van der Waals surface area contributed by atoms with Crippen LogP contribution in [0.5, 0.6) is 0 Å².